The largest absolute Gasteiger partial charge is 0.497 e. The molecule has 0 fully saturated rings. The summed E-state index contributed by atoms with van der Waals surface area (Å²) in [5, 5.41) is 19.5. The van der Waals surface area contributed by atoms with Crippen molar-refractivity contribution in [2.24, 2.45) is 11.3 Å². The van der Waals surface area contributed by atoms with Crippen molar-refractivity contribution in [1.82, 2.24) is 0 Å². The maximum absolute atomic E-state index is 11.3. The van der Waals surface area contributed by atoms with Crippen LogP contribution in [0, 0.1) is 11.3 Å². The summed E-state index contributed by atoms with van der Waals surface area (Å²) < 4.78 is 5.10. The Kier molecular flexibility index (Phi) is 4.95. The molecule has 0 spiro atoms. The van der Waals surface area contributed by atoms with Gasteiger partial charge in [-0.25, -0.2) is 0 Å². The fourth-order valence-electron chi connectivity index (χ4n) is 2.03. The Morgan fingerprint density at radius 1 is 1.37 bits per heavy atom. The monoisotopic (exact) mass is 266 g/mol. The van der Waals surface area contributed by atoms with E-state index >= 15 is 0 Å². The molecular formula is C15H22O4. The minimum atomic E-state index is -0.880. The average molecular weight is 266 g/mol. The van der Waals surface area contributed by atoms with Crippen molar-refractivity contribution in [2.45, 2.75) is 33.3 Å². The van der Waals surface area contributed by atoms with Gasteiger partial charge in [0.15, 0.2) is 0 Å². The van der Waals surface area contributed by atoms with Gasteiger partial charge in [0.05, 0.1) is 19.1 Å². The number of hydrogen-bond donors (Lipinski definition) is 2. The molecule has 0 aliphatic carbocycles. The molecule has 0 aromatic heterocycles. The van der Waals surface area contributed by atoms with Gasteiger partial charge < -0.3 is 14.9 Å². The summed E-state index contributed by atoms with van der Waals surface area (Å²) in [6, 6.07) is 7.07. The number of methoxy groups -OCH3 is 1. The molecule has 0 heterocycles. The molecule has 4 nitrogen and oxygen atoms in total. The lowest BCUT2D eigenvalue weighted by atomic mass is 9.77. The first-order chi connectivity index (χ1) is 8.75. The first-order valence-electron chi connectivity index (χ1n) is 6.30. The number of aliphatic hydroxyl groups is 1. The molecule has 2 N–H and O–H groups in total. The standard InChI is InChI=1S/C15H22O4/c1-15(2,3)12(14(17)18)9-13(16)10-6-5-7-11(8-10)19-4/h5-8,12-13,16H,9H2,1-4H3,(H,17,18). The number of carboxylic acid groups (broad SMARTS) is 1. The number of aliphatic hydroxyl groups excluding tert-OH is 1. The quantitative estimate of drug-likeness (QED) is 0.860. The van der Waals surface area contributed by atoms with Crippen molar-refractivity contribution >= 4 is 5.97 Å². The molecule has 2 unspecified atom stereocenters. The van der Waals surface area contributed by atoms with Crippen LogP contribution in [0.1, 0.15) is 38.9 Å². The summed E-state index contributed by atoms with van der Waals surface area (Å²) in [6.07, 6.45) is -0.623. The van der Waals surface area contributed by atoms with E-state index in [0.29, 0.717) is 11.3 Å². The number of hydrogen-bond acceptors (Lipinski definition) is 3. The number of ether oxygens (including phenoxy) is 1. The van der Waals surface area contributed by atoms with E-state index < -0.39 is 23.4 Å². The second-order valence-corrected chi connectivity index (χ2v) is 5.78. The topological polar surface area (TPSA) is 66.8 Å². The number of aliphatic carboxylic acids is 1. The first-order valence-corrected chi connectivity index (χ1v) is 6.30. The molecule has 0 saturated heterocycles. The van der Waals surface area contributed by atoms with Crippen LogP contribution in [0.25, 0.3) is 0 Å². The molecule has 0 radical (unpaired) electrons. The third kappa shape index (κ3) is 4.24. The summed E-state index contributed by atoms with van der Waals surface area (Å²) in [5.74, 6) is -0.831. The summed E-state index contributed by atoms with van der Waals surface area (Å²) in [7, 11) is 1.56. The zero-order chi connectivity index (χ0) is 14.6. The maximum atomic E-state index is 11.3. The molecular weight excluding hydrogens is 244 g/mol. The van der Waals surface area contributed by atoms with Gasteiger partial charge >= 0.3 is 5.97 Å². The molecule has 0 bridgehead atoms. The van der Waals surface area contributed by atoms with Crippen molar-refractivity contribution in [3.63, 3.8) is 0 Å². The molecule has 0 aliphatic rings. The normalized spacial score (nSPS) is 14.8. The van der Waals surface area contributed by atoms with Crippen LogP contribution >= 0.6 is 0 Å². The Bertz CT molecular complexity index is 434. The van der Waals surface area contributed by atoms with Crippen LogP contribution in [0.5, 0.6) is 5.75 Å². The fraction of sp³-hybridized carbons (Fsp3) is 0.533. The number of carboxylic acids is 1. The van der Waals surface area contributed by atoms with Crippen LogP contribution in [0.15, 0.2) is 24.3 Å². The van der Waals surface area contributed by atoms with Gasteiger partial charge in [0.25, 0.3) is 0 Å². The van der Waals surface area contributed by atoms with E-state index in [2.05, 4.69) is 0 Å². The predicted octanol–water partition coefficient (Wildman–Crippen LogP) is 2.87. The maximum Gasteiger partial charge on any atom is 0.307 e. The van der Waals surface area contributed by atoms with Crippen LogP contribution in [0.4, 0.5) is 0 Å². The molecule has 4 heteroatoms. The predicted molar refractivity (Wildman–Crippen MR) is 73.2 cm³/mol. The zero-order valence-corrected chi connectivity index (χ0v) is 11.9. The lowest BCUT2D eigenvalue weighted by Gasteiger charge is -2.29. The molecule has 1 aromatic rings. The van der Waals surface area contributed by atoms with E-state index in [1.807, 2.05) is 20.8 Å². The van der Waals surface area contributed by atoms with Crippen LogP contribution in [0.2, 0.25) is 0 Å². The highest BCUT2D eigenvalue weighted by molar-refractivity contribution is 5.71. The molecule has 0 saturated carbocycles. The molecule has 0 amide bonds. The van der Waals surface area contributed by atoms with E-state index in [1.165, 1.54) is 0 Å². The molecule has 1 rings (SSSR count). The summed E-state index contributed by atoms with van der Waals surface area (Å²) in [4.78, 5) is 11.3. The van der Waals surface area contributed by atoms with Crippen molar-refractivity contribution in [3.8, 4) is 5.75 Å². The van der Waals surface area contributed by atoms with Crippen molar-refractivity contribution in [3.05, 3.63) is 29.8 Å². The van der Waals surface area contributed by atoms with Crippen LogP contribution in [-0.2, 0) is 4.79 Å². The minimum absolute atomic E-state index is 0.187. The van der Waals surface area contributed by atoms with Gasteiger partial charge in [0.2, 0.25) is 0 Å². The Labute approximate surface area is 114 Å². The molecule has 19 heavy (non-hydrogen) atoms. The van der Waals surface area contributed by atoms with Gasteiger partial charge in [-0.3, -0.25) is 4.79 Å². The van der Waals surface area contributed by atoms with Gasteiger partial charge in [-0.15, -0.1) is 0 Å². The van der Waals surface area contributed by atoms with Gasteiger partial charge in [0, 0.05) is 0 Å². The van der Waals surface area contributed by atoms with Crippen LogP contribution in [0.3, 0.4) is 0 Å². The summed E-state index contributed by atoms with van der Waals surface area (Å²) >= 11 is 0. The summed E-state index contributed by atoms with van der Waals surface area (Å²) in [5.41, 5.74) is 0.279. The third-order valence-electron chi connectivity index (χ3n) is 3.28. The van der Waals surface area contributed by atoms with Gasteiger partial charge in [-0.2, -0.15) is 0 Å². The Balaban J connectivity index is 2.87. The van der Waals surface area contributed by atoms with Gasteiger partial charge in [-0.1, -0.05) is 32.9 Å². The number of carbonyl (C=O) groups is 1. The van der Waals surface area contributed by atoms with Gasteiger partial charge in [-0.05, 0) is 29.5 Å². The fourth-order valence-corrected chi connectivity index (χ4v) is 2.03. The minimum Gasteiger partial charge on any atom is -0.497 e. The van der Waals surface area contributed by atoms with Crippen LogP contribution < -0.4 is 4.74 Å². The Hall–Kier alpha value is -1.55. The first kappa shape index (κ1) is 15.5. The van der Waals surface area contributed by atoms with E-state index in [9.17, 15) is 15.0 Å². The third-order valence-corrected chi connectivity index (χ3v) is 3.28. The van der Waals surface area contributed by atoms with Crippen LogP contribution in [-0.4, -0.2) is 23.3 Å². The highest BCUT2D eigenvalue weighted by Gasteiger charge is 2.33. The second kappa shape index (κ2) is 6.06. The Morgan fingerprint density at radius 3 is 2.47 bits per heavy atom. The molecule has 2 atom stereocenters. The van der Waals surface area contributed by atoms with E-state index in [1.54, 1.807) is 31.4 Å². The van der Waals surface area contributed by atoms with Gasteiger partial charge in [0.1, 0.15) is 5.75 Å². The number of rotatable bonds is 5. The Morgan fingerprint density at radius 2 is 2.00 bits per heavy atom. The summed E-state index contributed by atoms with van der Waals surface area (Å²) in [6.45, 7) is 5.60. The number of benzene rings is 1. The highest BCUT2D eigenvalue weighted by Crippen LogP contribution is 2.34. The molecule has 0 aliphatic heterocycles. The zero-order valence-electron chi connectivity index (χ0n) is 11.9. The molecule has 1 aromatic carbocycles. The smallest absolute Gasteiger partial charge is 0.307 e. The lowest BCUT2D eigenvalue weighted by Crippen LogP contribution is -2.30. The average Bonchev–Trinajstić information content (AvgIpc) is 2.33. The highest BCUT2D eigenvalue weighted by atomic mass is 16.5. The second-order valence-electron chi connectivity index (χ2n) is 5.78. The van der Waals surface area contributed by atoms with E-state index in [0.717, 1.165) is 0 Å². The lowest BCUT2D eigenvalue weighted by molar-refractivity contribution is -0.147. The molecule has 106 valence electrons. The van der Waals surface area contributed by atoms with Crippen molar-refractivity contribution in [1.29, 1.82) is 0 Å². The van der Waals surface area contributed by atoms with E-state index in [-0.39, 0.29) is 6.42 Å². The SMILES string of the molecule is COc1cccc(C(O)CC(C(=O)O)C(C)(C)C)c1. The van der Waals surface area contributed by atoms with Crippen molar-refractivity contribution < 1.29 is 19.7 Å². The van der Waals surface area contributed by atoms with E-state index in [4.69, 9.17) is 4.74 Å². The van der Waals surface area contributed by atoms with Crippen molar-refractivity contribution in [2.75, 3.05) is 7.11 Å².